The number of imidazole rings is 1. The number of dihydropyridines is 1. The van der Waals surface area contributed by atoms with Gasteiger partial charge in [-0.2, -0.15) is 0 Å². The van der Waals surface area contributed by atoms with Gasteiger partial charge in [-0.05, 0) is 121 Å². The van der Waals surface area contributed by atoms with Crippen LogP contribution in [0.1, 0.15) is 102 Å². The number of rotatable bonds is 13. The molecule has 8 rings (SSSR count). The van der Waals surface area contributed by atoms with E-state index in [0.29, 0.717) is 23.1 Å². The summed E-state index contributed by atoms with van der Waals surface area (Å²) in [6, 6.07) is 19.3. The van der Waals surface area contributed by atoms with Crippen LogP contribution in [0.3, 0.4) is 0 Å². The number of aromatic nitrogens is 2. The number of amides is 3. The molecule has 2 aliphatic heterocycles. The van der Waals surface area contributed by atoms with Crippen LogP contribution in [-0.2, 0) is 19.8 Å². The molecular formula is C50H62N7O6+. The number of carbonyl (C=O) groups excluding carboxylic acids is 3. The molecule has 2 aliphatic carbocycles. The fourth-order valence-electron chi connectivity index (χ4n) is 10.3. The van der Waals surface area contributed by atoms with E-state index in [-0.39, 0.29) is 12.5 Å². The van der Waals surface area contributed by atoms with Gasteiger partial charge >= 0.3 is 12.2 Å². The van der Waals surface area contributed by atoms with Gasteiger partial charge in [0.25, 0.3) is 5.91 Å². The summed E-state index contributed by atoms with van der Waals surface area (Å²) >= 11 is 0. The molecule has 5 N–H and O–H groups in total. The highest BCUT2D eigenvalue weighted by Gasteiger charge is 2.46. The van der Waals surface area contributed by atoms with E-state index in [4.69, 9.17) is 14.5 Å². The first kappa shape index (κ1) is 43.7. The lowest BCUT2D eigenvalue weighted by Crippen LogP contribution is -2.58. The summed E-state index contributed by atoms with van der Waals surface area (Å²) in [7, 11) is 4.70. The smallest absolute Gasteiger partial charge is 0.407 e. The molecule has 0 radical (unpaired) electrons. The summed E-state index contributed by atoms with van der Waals surface area (Å²) in [6.45, 7) is 8.47. The average molecular weight is 857 g/mol. The maximum absolute atomic E-state index is 14.3. The number of H-pyrrole nitrogens is 1. The van der Waals surface area contributed by atoms with Crippen molar-refractivity contribution in [3.63, 3.8) is 0 Å². The molecule has 3 amide bonds. The van der Waals surface area contributed by atoms with Gasteiger partial charge in [-0.3, -0.25) is 9.28 Å². The lowest BCUT2D eigenvalue weighted by molar-refractivity contribution is -0.949. The zero-order valence-electron chi connectivity index (χ0n) is 37.5. The molecule has 1 aromatic heterocycles. The van der Waals surface area contributed by atoms with E-state index in [1.165, 1.54) is 59.0 Å². The first-order valence-electron chi connectivity index (χ1n) is 22.5. The first-order chi connectivity index (χ1) is 30.4. The van der Waals surface area contributed by atoms with Crippen LogP contribution in [0.2, 0.25) is 0 Å². The van der Waals surface area contributed by atoms with E-state index in [0.717, 1.165) is 92.0 Å². The van der Waals surface area contributed by atoms with E-state index in [2.05, 4.69) is 85.2 Å². The molecule has 4 atom stereocenters. The average Bonchev–Trinajstić information content (AvgIpc) is 3.94. The molecular weight excluding hydrogens is 795 g/mol. The molecule has 63 heavy (non-hydrogen) atoms. The lowest BCUT2D eigenvalue weighted by Gasteiger charge is -2.42. The number of methoxy groups -OCH3 is 2. The van der Waals surface area contributed by atoms with Gasteiger partial charge in [0.2, 0.25) is 6.23 Å². The number of aliphatic hydroxyl groups excluding tert-OH is 1. The number of aliphatic hydroxyl groups is 1. The topological polar surface area (TPSA) is 158 Å². The fourth-order valence-corrected chi connectivity index (χ4v) is 10.3. The Bertz CT molecular complexity index is 2560. The number of fused-ring (bicyclic) bond motifs is 4. The summed E-state index contributed by atoms with van der Waals surface area (Å²) < 4.78 is 10.1. The van der Waals surface area contributed by atoms with Crippen LogP contribution in [0.5, 0.6) is 0 Å². The Hall–Kier alpha value is -5.92. The standard InChI is InChI=1S/C50H61N7O6/c1-7-25-57(4,42(58)29-51-48(60)62-5)30-41-31(8-2)26-37-16-15-35-27-33(17-20-38(35)43(37)52-41)34-18-21-39-36(28-34)19-22-40-45(39)54-47(53-40)50(3)23-12-24-56(50)46(59)44(55-49(61)63-6)32-13-10-9-11-14-32/h9-11,13-14,18-19,21-22,27-28,42,44,52,58H,7-8,12,15-17,20,23-26,29-30H2,1-6H3,(H2-,51,53,54,55,60,61)/p+1. The Morgan fingerprint density at radius 3 is 2.54 bits per heavy atom. The number of allylic oxidation sites excluding steroid dienone is 6. The number of likely N-dealkylation sites (N-methyl/N-ethyl adjacent to an activating group) is 1. The van der Waals surface area contributed by atoms with E-state index >= 15 is 0 Å². The summed E-state index contributed by atoms with van der Waals surface area (Å²) in [6.07, 6.45) is 8.66. The highest BCUT2D eigenvalue weighted by Crippen LogP contribution is 2.45. The molecule has 0 spiro atoms. The number of likely N-dealkylation sites (tertiary alicyclic amines) is 1. The Balaban J connectivity index is 1.03. The molecule has 13 heteroatoms. The number of carbonyl (C=O) groups is 3. The largest absolute Gasteiger partial charge is 0.453 e. The minimum Gasteiger partial charge on any atom is -0.453 e. The maximum atomic E-state index is 14.3. The molecule has 3 aromatic carbocycles. The van der Waals surface area contributed by atoms with Gasteiger partial charge in [0.15, 0.2) is 0 Å². The second-order valence-corrected chi connectivity index (χ2v) is 17.9. The minimum absolute atomic E-state index is 0.117. The minimum atomic E-state index is -0.897. The number of ether oxygens (including phenoxy) is 2. The number of nitrogens with zero attached hydrogens (tertiary/aromatic N) is 3. The van der Waals surface area contributed by atoms with Gasteiger partial charge in [0.1, 0.15) is 18.4 Å². The predicted molar refractivity (Wildman–Crippen MR) is 245 cm³/mol. The van der Waals surface area contributed by atoms with Crippen molar-refractivity contribution in [1.29, 1.82) is 0 Å². The highest BCUT2D eigenvalue weighted by atomic mass is 16.5. The van der Waals surface area contributed by atoms with Crippen molar-refractivity contribution in [2.45, 2.75) is 96.4 Å². The molecule has 1 saturated heterocycles. The zero-order valence-corrected chi connectivity index (χ0v) is 37.5. The van der Waals surface area contributed by atoms with Crippen molar-refractivity contribution in [3.05, 3.63) is 117 Å². The van der Waals surface area contributed by atoms with Crippen LogP contribution in [-0.4, -0.2) is 96.2 Å². The number of alkyl carbamates (subject to hydrolysis) is 2. The van der Waals surface area contributed by atoms with Crippen molar-refractivity contribution >= 4 is 45.5 Å². The summed E-state index contributed by atoms with van der Waals surface area (Å²) in [5.74, 6) is 0.523. The van der Waals surface area contributed by atoms with Gasteiger partial charge in [-0.1, -0.05) is 68.5 Å². The van der Waals surface area contributed by atoms with E-state index in [1.807, 2.05) is 35.2 Å². The van der Waals surface area contributed by atoms with Gasteiger partial charge < -0.3 is 40.4 Å². The summed E-state index contributed by atoms with van der Waals surface area (Å²) in [5.41, 5.74) is 12.4. The Morgan fingerprint density at radius 2 is 1.79 bits per heavy atom. The third kappa shape index (κ3) is 8.48. The van der Waals surface area contributed by atoms with Crippen LogP contribution in [0.25, 0.3) is 27.4 Å². The van der Waals surface area contributed by atoms with Crippen LogP contribution in [0, 0.1) is 0 Å². The number of benzene rings is 3. The van der Waals surface area contributed by atoms with Gasteiger partial charge in [-0.15, -0.1) is 0 Å². The fraction of sp³-hybridized carbons (Fsp3) is 0.440. The van der Waals surface area contributed by atoms with Crippen molar-refractivity contribution in [3.8, 4) is 0 Å². The van der Waals surface area contributed by atoms with Crippen molar-refractivity contribution in [2.24, 2.45) is 0 Å². The maximum Gasteiger partial charge on any atom is 0.407 e. The van der Waals surface area contributed by atoms with E-state index in [9.17, 15) is 19.5 Å². The first-order valence-corrected chi connectivity index (χ1v) is 22.5. The van der Waals surface area contributed by atoms with Crippen LogP contribution >= 0.6 is 0 Å². The van der Waals surface area contributed by atoms with Gasteiger partial charge in [0.05, 0.1) is 56.6 Å². The number of aromatic amines is 1. The monoisotopic (exact) mass is 856 g/mol. The van der Waals surface area contributed by atoms with Crippen molar-refractivity contribution in [2.75, 3.05) is 47.4 Å². The Morgan fingerprint density at radius 1 is 1.00 bits per heavy atom. The van der Waals surface area contributed by atoms with Crippen molar-refractivity contribution < 1.29 is 33.4 Å². The Labute approximate surface area is 369 Å². The second kappa shape index (κ2) is 18.1. The predicted octanol–water partition coefficient (Wildman–Crippen LogP) is 8.36. The molecule has 4 aliphatic rings. The SMILES string of the molecule is CCC[N+](C)(CC1=C(CC)CC2=C(N1)C1=C(C=C(c3ccc4c(ccc5[nH]c(C6(C)CCCN6C(=O)C(NC(=O)OC)c6ccccc6)nc54)c3)CC1)CC2)C(O)CNC(=O)OC. The lowest BCUT2D eigenvalue weighted by atomic mass is 9.77. The van der Waals surface area contributed by atoms with Crippen molar-refractivity contribution in [1.82, 2.24) is 30.8 Å². The highest BCUT2D eigenvalue weighted by molar-refractivity contribution is 6.05. The van der Waals surface area contributed by atoms with E-state index in [1.54, 1.807) is 0 Å². The molecule has 4 unspecified atom stereocenters. The zero-order chi connectivity index (χ0) is 44.5. The molecule has 3 heterocycles. The third-order valence-electron chi connectivity index (χ3n) is 14.0. The number of hydrogen-bond donors (Lipinski definition) is 5. The quantitative estimate of drug-likeness (QED) is 0.0664. The molecule has 0 bridgehead atoms. The number of nitrogens with one attached hydrogen (secondary N) is 4. The third-order valence-corrected chi connectivity index (χ3v) is 14.0. The second-order valence-electron chi connectivity index (χ2n) is 17.9. The summed E-state index contributed by atoms with van der Waals surface area (Å²) in [4.78, 5) is 49.2. The van der Waals surface area contributed by atoms with E-state index < -0.39 is 30.0 Å². The molecule has 0 saturated carbocycles. The molecule has 4 aromatic rings. The number of quaternary nitrogens is 1. The van der Waals surface area contributed by atoms with Gasteiger partial charge in [-0.25, -0.2) is 14.6 Å². The summed E-state index contributed by atoms with van der Waals surface area (Å²) in [5, 5.41) is 22.9. The molecule has 332 valence electrons. The molecule has 1 fully saturated rings. The van der Waals surface area contributed by atoms with Crippen LogP contribution in [0.4, 0.5) is 9.59 Å². The normalized spacial score (nSPS) is 20.7. The van der Waals surface area contributed by atoms with Crippen LogP contribution < -0.4 is 16.0 Å². The van der Waals surface area contributed by atoms with Gasteiger partial charge in [0, 0.05) is 17.6 Å². The number of hydrogen-bond acceptors (Lipinski definition) is 8. The molecule has 13 nitrogen and oxygen atoms in total. The van der Waals surface area contributed by atoms with Crippen LogP contribution in [0.15, 0.2) is 100 Å². The Kier molecular flexibility index (Phi) is 12.5.